The number of benzene rings is 7. The first-order valence-corrected chi connectivity index (χ1v) is 20.2. The second kappa shape index (κ2) is 11.4. The Kier molecular flexibility index (Phi) is 6.42. The Morgan fingerprint density at radius 3 is 2.15 bits per heavy atom. The summed E-state index contributed by atoms with van der Waals surface area (Å²) in [7, 11) is 0. The largest absolute Gasteiger partial charge is 0.309 e. The molecule has 7 aromatic carbocycles. The summed E-state index contributed by atoms with van der Waals surface area (Å²) >= 11 is 3.71. The van der Waals surface area contributed by atoms with E-state index in [0.717, 1.165) is 45.0 Å². The average molecular weight is 726 g/mol. The minimum Gasteiger partial charge on any atom is -0.309 e. The van der Waals surface area contributed by atoms with Gasteiger partial charge in [0.15, 0.2) is 5.82 Å². The Balaban J connectivity index is 1.11. The Morgan fingerprint density at radius 2 is 1.30 bits per heavy atom. The van der Waals surface area contributed by atoms with Crippen LogP contribution in [0.1, 0.15) is 30.4 Å². The van der Waals surface area contributed by atoms with Gasteiger partial charge in [0, 0.05) is 57.8 Å². The van der Waals surface area contributed by atoms with Crippen LogP contribution in [0.15, 0.2) is 146 Å². The number of thiophene rings is 2. The lowest BCUT2D eigenvalue weighted by Crippen LogP contribution is -2.02. The third kappa shape index (κ3) is 4.28. The average Bonchev–Trinajstić information content (AvgIpc) is 3.91. The summed E-state index contributed by atoms with van der Waals surface area (Å²) in [6.07, 6.45) is 5.81. The minimum absolute atomic E-state index is 0.432. The molecule has 1 atom stereocenters. The smallest absolute Gasteiger partial charge is 0.160 e. The molecule has 54 heavy (non-hydrogen) atoms. The van der Waals surface area contributed by atoms with E-state index in [0.29, 0.717) is 5.92 Å². The topological polar surface area (TPSA) is 30.7 Å². The summed E-state index contributed by atoms with van der Waals surface area (Å²) in [5.41, 5.74) is 10.7. The van der Waals surface area contributed by atoms with Crippen molar-refractivity contribution in [1.82, 2.24) is 14.5 Å². The zero-order valence-corrected chi connectivity index (χ0v) is 31.0. The summed E-state index contributed by atoms with van der Waals surface area (Å²) in [5, 5.41) is 8.95. The van der Waals surface area contributed by atoms with E-state index in [9.17, 15) is 0 Å². The SMILES string of the molecule is CC1CC=Cc2c1c1c3ccccc3n(-c3ccc(-c4nc(-c5ccc6ccccc6c5)nc5c4sc4ccccc45)cc3)c1c1c2sc2ccccc21. The van der Waals surface area contributed by atoms with Gasteiger partial charge in [-0.3, -0.25) is 0 Å². The summed E-state index contributed by atoms with van der Waals surface area (Å²) in [6.45, 7) is 2.39. The highest BCUT2D eigenvalue weighted by Crippen LogP contribution is 2.50. The number of rotatable bonds is 3. The lowest BCUT2D eigenvalue weighted by Gasteiger charge is -2.21. The van der Waals surface area contributed by atoms with Gasteiger partial charge in [-0.2, -0.15) is 0 Å². The number of nitrogens with zero attached hydrogens (tertiary/aromatic N) is 3. The normalized spacial score (nSPS) is 14.4. The van der Waals surface area contributed by atoms with E-state index in [1.807, 2.05) is 11.3 Å². The van der Waals surface area contributed by atoms with Crippen molar-refractivity contribution in [2.75, 3.05) is 0 Å². The van der Waals surface area contributed by atoms with Crippen LogP contribution in [-0.4, -0.2) is 14.5 Å². The molecule has 0 radical (unpaired) electrons. The lowest BCUT2D eigenvalue weighted by molar-refractivity contribution is 0.781. The van der Waals surface area contributed by atoms with Crippen LogP contribution < -0.4 is 0 Å². The van der Waals surface area contributed by atoms with E-state index in [-0.39, 0.29) is 0 Å². The van der Waals surface area contributed by atoms with Crippen molar-refractivity contribution in [3.05, 3.63) is 157 Å². The predicted molar refractivity (Wildman–Crippen MR) is 233 cm³/mol. The predicted octanol–water partition coefficient (Wildman–Crippen LogP) is 14.3. The Hall–Kier alpha value is -6.14. The molecule has 0 N–H and O–H groups in total. The van der Waals surface area contributed by atoms with Gasteiger partial charge in [0.1, 0.15) is 0 Å². The molecule has 5 heteroatoms. The van der Waals surface area contributed by atoms with Crippen LogP contribution in [0, 0.1) is 0 Å². The first kappa shape index (κ1) is 30.3. The third-order valence-electron chi connectivity index (χ3n) is 11.4. The van der Waals surface area contributed by atoms with Crippen molar-refractivity contribution in [2.45, 2.75) is 19.3 Å². The highest BCUT2D eigenvalue weighted by Gasteiger charge is 2.27. The number of para-hydroxylation sites is 1. The Bertz CT molecular complexity index is 3380. The molecule has 1 aliphatic carbocycles. The zero-order chi connectivity index (χ0) is 35.5. The molecule has 1 unspecified atom stereocenters. The number of hydrogen-bond acceptors (Lipinski definition) is 4. The standard InChI is InChI=1S/C49H31N3S2/c1-28-11-10-17-37-41(28)42-34-14-4-7-18-38(34)52(46(42)43-35-15-5-8-19-39(35)53-47(37)43)33-25-23-30(24-26-33)44-48-45(36-16-6-9-20-40(36)54-48)51-49(50-44)32-22-21-29-12-2-3-13-31(29)27-32/h2-10,12-28H,11H2,1H3. The Labute approximate surface area is 319 Å². The quantitative estimate of drug-likeness (QED) is 0.182. The van der Waals surface area contributed by atoms with Crippen LogP contribution in [0.5, 0.6) is 0 Å². The fourth-order valence-electron chi connectivity index (χ4n) is 8.94. The van der Waals surface area contributed by atoms with Crippen molar-refractivity contribution < 1.29 is 0 Å². The molecule has 0 aliphatic heterocycles. The number of hydrogen-bond donors (Lipinski definition) is 0. The molecule has 0 spiro atoms. The van der Waals surface area contributed by atoms with E-state index in [1.54, 1.807) is 11.3 Å². The van der Waals surface area contributed by atoms with Gasteiger partial charge in [0.2, 0.25) is 0 Å². The summed E-state index contributed by atoms with van der Waals surface area (Å²) < 4.78 is 7.58. The zero-order valence-electron chi connectivity index (χ0n) is 29.4. The fraction of sp³-hybridized carbons (Fsp3) is 0.0612. The van der Waals surface area contributed by atoms with Crippen LogP contribution in [0.2, 0.25) is 0 Å². The minimum atomic E-state index is 0.432. The molecule has 0 saturated heterocycles. The molecule has 0 bridgehead atoms. The van der Waals surface area contributed by atoms with Gasteiger partial charge in [-0.15, -0.1) is 22.7 Å². The monoisotopic (exact) mass is 725 g/mol. The maximum absolute atomic E-state index is 5.35. The van der Waals surface area contributed by atoms with E-state index < -0.39 is 0 Å². The summed E-state index contributed by atoms with van der Waals surface area (Å²) in [5.74, 6) is 1.18. The molecular weight excluding hydrogens is 695 g/mol. The van der Waals surface area contributed by atoms with Crippen LogP contribution in [0.4, 0.5) is 0 Å². The van der Waals surface area contributed by atoms with Crippen LogP contribution >= 0.6 is 22.7 Å². The number of aromatic nitrogens is 3. The summed E-state index contributed by atoms with van der Waals surface area (Å²) in [6, 6.07) is 50.6. The maximum Gasteiger partial charge on any atom is 0.160 e. The highest BCUT2D eigenvalue weighted by molar-refractivity contribution is 7.26. The van der Waals surface area contributed by atoms with Gasteiger partial charge in [-0.1, -0.05) is 122 Å². The first-order valence-electron chi connectivity index (χ1n) is 18.6. The molecule has 254 valence electrons. The van der Waals surface area contributed by atoms with Crippen molar-refractivity contribution in [3.8, 4) is 28.3 Å². The molecule has 0 amide bonds. The molecule has 1 aliphatic rings. The van der Waals surface area contributed by atoms with E-state index in [1.165, 1.54) is 74.0 Å². The van der Waals surface area contributed by atoms with Gasteiger partial charge >= 0.3 is 0 Å². The van der Waals surface area contributed by atoms with E-state index in [2.05, 4.69) is 163 Å². The van der Waals surface area contributed by atoms with Crippen LogP contribution in [-0.2, 0) is 0 Å². The third-order valence-corrected chi connectivity index (χ3v) is 13.8. The van der Waals surface area contributed by atoms with Crippen molar-refractivity contribution in [3.63, 3.8) is 0 Å². The lowest BCUT2D eigenvalue weighted by atomic mass is 9.84. The van der Waals surface area contributed by atoms with Gasteiger partial charge in [-0.25, -0.2) is 9.97 Å². The van der Waals surface area contributed by atoms with E-state index >= 15 is 0 Å². The van der Waals surface area contributed by atoms with Gasteiger partial charge < -0.3 is 4.57 Å². The molecule has 0 fully saturated rings. The maximum atomic E-state index is 5.35. The van der Waals surface area contributed by atoms with Gasteiger partial charge in [-0.05, 0) is 70.6 Å². The molecule has 11 aromatic rings. The fourth-order valence-corrected chi connectivity index (χ4v) is 11.3. The van der Waals surface area contributed by atoms with Crippen molar-refractivity contribution in [2.24, 2.45) is 0 Å². The van der Waals surface area contributed by atoms with Crippen LogP contribution in [0.3, 0.4) is 0 Å². The Morgan fingerprint density at radius 1 is 0.611 bits per heavy atom. The highest BCUT2D eigenvalue weighted by atomic mass is 32.1. The van der Waals surface area contributed by atoms with Gasteiger partial charge in [0.05, 0.1) is 26.9 Å². The molecule has 3 nitrogen and oxygen atoms in total. The number of allylic oxidation sites excluding steroid dienone is 1. The molecule has 12 rings (SSSR count). The number of fused-ring (bicyclic) bond motifs is 14. The van der Waals surface area contributed by atoms with Gasteiger partial charge in [0.25, 0.3) is 0 Å². The summed E-state index contributed by atoms with van der Waals surface area (Å²) in [4.78, 5) is 10.6. The van der Waals surface area contributed by atoms with Crippen molar-refractivity contribution in [1.29, 1.82) is 0 Å². The second-order valence-corrected chi connectivity index (χ2v) is 16.6. The first-order chi connectivity index (χ1) is 26.7. The molecule has 0 saturated carbocycles. The van der Waals surface area contributed by atoms with Crippen molar-refractivity contribution >= 4 is 102 Å². The molecule has 4 heterocycles. The second-order valence-electron chi connectivity index (χ2n) is 14.5. The molecule has 4 aromatic heterocycles. The van der Waals surface area contributed by atoms with Crippen LogP contribution in [0.25, 0.3) is 107 Å². The van der Waals surface area contributed by atoms with E-state index in [4.69, 9.17) is 9.97 Å². The molecular formula is C49H31N3S2.